The number of carbonyl (C=O) groups excluding carboxylic acids is 1. The minimum absolute atomic E-state index is 0.0223. The Kier molecular flexibility index (Phi) is 9.46. The van der Waals surface area contributed by atoms with Gasteiger partial charge >= 0.3 is 6.09 Å². The van der Waals surface area contributed by atoms with Crippen molar-refractivity contribution < 1.29 is 24.1 Å². The van der Waals surface area contributed by atoms with Gasteiger partial charge in [-0.05, 0) is 69.7 Å². The quantitative estimate of drug-likeness (QED) is 0.286. The van der Waals surface area contributed by atoms with Crippen LogP contribution in [0.3, 0.4) is 0 Å². The van der Waals surface area contributed by atoms with Crippen molar-refractivity contribution in [3.05, 3.63) is 66.2 Å². The zero-order chi connectivity index (χ0) is 28.0. The van der Waals surface area contributed by atoms with E-state index in [4.69, 9.17) is 9.72 Å². The van der Waals surface area contributed by atoms with Crippen LogP contribution in [0.15, 0.2) is 54.6 Å². The first-order valence-electron chi connectivity index (χ1n) is 12.9. The Hall–Kier alpha value is -3.49. The third-order valence-corrected chi connectivity index (χ3v) is 5.80. The summed E-state index contributed by atoms with van der Waals surface area (Å²) in [6, 6.07) is 13.4. The number of imidazole rings is 1. The number of ether oxygens (including phenoxy) is 1. The fourth-order valence-corrected chi connectivity index (χ4v) is 3.97. The van der Waals surface area contributed by atoms with Gasteiger partial charge in [-0.2, -0.15) is 0 Å². The predicted octanol–water partition coefficient (Wildman–Crippen LogP) is 6.82. The Labute approximate surface area is 224 Å². The number of aromatic nitrogens is 2. The van der Waals surface area contributed by atoms with Crippen molar-refractivity contribution in [1.29, 1.82) is 0 Å². The number of aliphatic hydroxyl groups is 2. The maximum Gasteiger partial charge on any atom is 0.412 e. The van der Waals surface area contributed by atoms with E-state index in [1.165, 1.54) is 12.1 Å². The number of aliphatic hydroxyl groups excluding tert-OH is 2. The molecule has 1 aromatic heterocycles. The van der Waals surface area contributed by atoms with Crippen molar-refractivity contribution in [3.63, 3.8) is 0 Å². The van der Waals surface area contributed by atoms with Gasteiger partial charge in [0.05, 0.1) is 23.6 Å². The number of halogens is 1. The lowest BCUT2D eigenvalue weighted by molar-refractivity contribution is 0.0635. The van der Waals surface area contributed by atoms with E-state index in [9.17, 15) is 19.4 Å². The van der Waals surface area contributed by atoms with Gasteiger partial charge in [0.1, 0.15) is 17.2 Å². The first kappa shape index (κ1) is 29.1. The molecule has 3 rings (SSSR count). The van der Waals surface area contributed by atoms with Gasteiger partial charge < -0.3 is 19.5 Å². The molecule has 0 radical (unpaired) electrons. The molecule has 3 aromatic rings. The number of nitrogens with zero attached hydrogens (tertiary/aromatic N) is 2. The predicted molar refractivity (Wildman–Crippen MR) is 149 cm³/mol. The van der Waals surface area contributed by atoms with Gasteiger partial charge in [-0.3, -0.25) is 5.32 Å². The molecule has 38 heavy (non-hydrogen) atoms. The lowest BCUT2D eigenvalue weighted by atomic mass is 10.0. The van der Waals surface area contributed by atoms with Gasteiger partial charge in [0.15, 0.2) is 0 Å². The molecule has 0 bridgehead atoms. The number of rotatable bonds is 9. The number of carbonyl (C=O) groups is 1. The first-order valence-corrected chi connectivity index (χ1v) is 12.9. The molecule has 0 spiro atoms. The van der Waals surface area contributed by atoms with E-state index in [-0.39, 0.29) is 18.2 Å². The highest BCUT2D eigenvalue weighted by Crippen LogP contribution is 2.36. The topological polar surface area (TPSA) is 96.6 Å². The monoisotopic (exact) mass is 523 g/mol. The average molecular weight is 524 g/mol. The Morgan fingerprint density at radius 2 is 1.82 bits per heavy atom. The van der Waals surface area contributed by atoms with Crippen molar-refractivity contribution in [2.75, 3.05) is 5.32 Å². The van der Waals surface area contributed by atoms with Crippen LogP contribution >= 0.6 is 0 Å². The van der Waals surface area contributed by atoms with E-state index in [2.05, 4.69) is 5.32 Å². The van der Waals surface area contributed by atoms with E-state index >= 15 is 0 Å². The van der Waals surface area contributed by atoms with E-state index in [0.717, 1.165) is 17.0 Å². The maximum atomic E-state index is 13.8. The summed E-state index contributed by atoms with van der Waals surface area (Å²) in [5, 5.41) is 23.2. The van der Waals surface area contributed by atoms with Crippen molar-refractivity contribution in [2.45, 2.75) is 78.1 Å². The largest absolute Gasteiger partial charge is 0.444 e. The number of nitrogens with one attached hydrogen (secondary N) is 1. The molecule has 0 aliphatic carbocycles. The number of hydrogen-bond donors (Lipinski definition) is 3. The van der Waals surface area contributed by atoms with Gasteiger partial charge in [-0.15, -0.1) is 0 Å². The highest BCUT2D eigenvalue weighted by atomic mass is 19.1. The lowest BCUT2D eigenvalue weighted by Crippen LogP contribution is -2.27. The van der Waals surface area contributed by atoms with Crippen LogP contribution in [0.5, 0.6) is 0 Å². The minimum Gasteiger partial charge on any atom is -0.444 e. The van der Waals surface area contributed by atoms with Gasteiger partial charge in [-0.1, -0.05) is 32.9 Å². The fourth-order valence-electron chi connectivity index (χ4n) is 3.97. The Morgan fingerprint density at radius 1 is 1.13 bits per heavy atom. The van der Waals surface area contributed by atoms with E-state index in [0.29, 0.717) is 23.5 Å². The zero-order valence-electron chi connectivity index (χ0n) is 22.9. The molecule has 7 nitrogen and oxygen atoms in total. The van der Waals surface area contributed by atoms with Gasteiger partial charge in [-0.25, -0.2) is 14.2 Å². The summed E-state index contributed by atoms with van der Waals surface area (Å²) in [6.45, 7) is 11.3. The fraction of sp³-hybridized carbons (Fsp3) is 0.400. The highest BCUT2D eigenvalue weighted by molar-refractivity contribution is 5.87. The van der Waals surface area contributed by atoms with Crippen LogP contribution in [0.25, 0.3) is 28.7 Å². The summed E-state index contributed by atoms with van der Waals surface area (Å²) in [5.41, 5.74) is 2.74. The molecule has 1 heterocycles. The Morgan fingerprint density at radius 3 is 2.42 bits per heavy atom. The summed E-state index contributed by atoms with van der Waals surface area (Å²) < 4.78 is 21.1. The molecule has 0 aliphatic rings. The molecule has 0 aliphatic heterocycles. The van der Waals surface area contributed by atoms with Crippen LogP contribution in [0.4, 0.5) is 14.9 Å². The number of anilines is 1. The molecular weight excluding hydrogens is 485 g/mol. The van der Waals surface area contributed by atoms with Crippen LogP contribution in [-0.4, -0.2) is 43.7 Å². The molecule has 0 fully saturated rings. The molecule has 204 valence electrons. The third kappa shape index (κ3) is 7.76. The van der Waals surface area contributed by atoms with Crippen LogP contribution in [0.2, 0.25) is 0 Å². The van der Waals surface area contributed by atoms with Gasteiger partial charge in [0, 0.05) is 35.4 Å². The molecule has 0 saturated heterocycles. The summed E-state index contributed by atoms with van der Waals surface area (Å²) in [7, 11) is 0. The second-order valence-corrected chi connectivity index (χ2v) is 10.6. The SMILES string of the molecule is CCC(O)CC(O)/C=C/n1c(C(C)C)nc(-c2cccc(NC(=O)OC(C)(C)C)c2)c1-c1ccc(F)cc1. The van der Waals surface area contributed by atoms with E-state index in [1.807, 2.05) is 43.5 Å². The number of hydrogen-bond acceptors (Lipinski definition) is 5. The number of benzene rings is 2. The Bertz CT molecular complexity index is 1260. The van der Waals surface area contributed by atoms with E-state index in [1.54, 1.807) is 51.2 Å². The summed E-state index contributed by atoms with van der Waals surface area (Å²) in [6.07, 6.45) is 2.13. The molecular formula is C30H38FN3O4. The zero-order valence-corrected chi connectivity index (χ0v) is 22.9. The van der Waals surface area contributed by atoms with E-state index < -0.39 is 23.9 Å². The molecule has 2 aromatic carbocycles. The van der Waals surface area contributed by atoms with Crippen LogP contribution in [-0.2, 0) is 4.74 Å². The van der Waals surface area contributed by atoms with Crippen molar-refractivity contribution in [3.8, 4) is 22.5 Å². The molecule has 8 heteroatoms. The molecule has 0 saturated carbocycles. The number of amides is 1. The van der Waals surface area contributed by atoms with Crippen molar-refractivity contribution >= 4 is 18.0 Å². The summed E-state index contributed by atoms with van der Waals surface area (Å²) in [4.78, 5) is 17.3. The van der Waals surface area contributed by atoms with Crippen molar-refractivity contribution in [2.24, 2.45) is 0 Å². The van der Waals surface area contributed by atoms with Gasteiger partial charge in [0.25, 0.3) is 0 Å². The standard InChI is InChI=1S/C30H38FN3O4/c1-7-24(35)18-25(36)15-16-34-27(20-11-13-22(31)14-12-20)26(33-28(34)19(2)3)21-9-8-10-23(17-21)32-29(37)38-30(4,5)6/h8-17,19,24-25,35-36H,7,18H2,1-6H3,(H,32,37)/b16-15+. The second-order valence-electron chi connectivity index (χ2n) is 10.6. The molecule has 2 unspecified atom stereocenters. The second kappa shape index (κ2) is 12.4. The molecule has 1 amide bonds. The van der Waals surface area contributed by atoms with Crippen LogP contribution < -0.4 is 5.32 Å². The normalized spacial score (nSPS) is 13.6. The summed E-state index contributed by atoms with van der Waals surface area (Å²) >= 11 is 0. The van der Waals surface area contributed by atoms with Crippen molar-refractivity contribution in [1.82, 2.24) is 9.55 Å². The maximum absolute atomic E-state index is 13.8. The third-order valence-electron chi connectivity index (χ3n) is 5.80. The smallest absolute Gasteiger partial charge is 0.412 e. The minimum atomic E-state index is -0.849. The summed E-state index contributed by atoms with van der Waals surface area (Å²) in [5.74, 6) is 0.409. The van der Waals surface area contributed by atoms with Crippen LogP contribution in [0, 0.1) is 5.82 Å². The van der Waals surface area contributed by atoms with Gasteiger partial charge in [0.2, 0.25) is 0 Å². The molecule has 3 N–H and O–H groups in total. The van der Waals surface area contributed by atoms with Crippen LogP contribution in [0.1, 0.15) is 66.1 Å². The highest BCUT2D eigenvalue weighted by Gasteiger charge is 2.22. The average Bonchev–Trinajstić information content (AvgIpc) is 3.22. The first-order chi connectivity index (χ1) is 17.9. The lowest BCUT2D eigenvalue weighted by Gasteiger charge is -2.19. The molecule has 2 atom stereocenters. The Balaban J connectivity index is 2.12.